The van der Waals surface area contributed by atoms with E-state index in [1.165, 1.54) is 41.3 Å². The number of thioether (sulfide) groups is 1. The molecule has 8 nitrogen and oxygen atoms in total. The van der Waals surface area contributed by atoms with Crippen molar-refractivity contribution >= 4 is 40.0 Å². The van der Waals surface area contributed by atoms with Gasteiger partial charge in [0.25, 0.3) is 5.91 Å². The van der Waals surface area contributed by atoms with Crippen molar-refractivity contribution in [2.75, 3.05) is 11.1 Å². The average Bonchev–Trinajstić information content (AvgIpc) is 3.28. The first-order valence-corrected chi connectivity index (χ1v) is 9.64. The molecule has 0 aliphatic heterocycles. The van der Waals surface area contributed by atoms with Gasteiger partial charge in [-0.1, -0.05) is 23.9 Å². The maximum absolute atomic E-state index is 13.6. The number of benzene rings is 1. The molecule has 0 spiro atoms. The maximum atomic E-state index is 13.6. The Morgan fingerprint density at radius 1 is 1.30 bits per heavy atom. The summed E-state index contributed by atoms with van der Waals surface area (Å²) in [4.78, 5) is 27.9. The minimum Gasteiger partial charge on any atom is -0.345 e. The SMILES string of the molecule is Cn1c(CNC(=O)c2ccccc2F)nnc1SCC(=O)Nc1nccs1. The van der Waals surface area contributed by atoms with Crippen LogP contribution in [0, 0.1) is 5.82 Å². The molecule has 2 amide bonds. The molecule has 2 N–H and O–H groups in total. The Labute approximate surface area is 162 Å². The Morgan fingerprint density at radius 3 is 2.85 bits per heavy atom. The average molecular weight is 406 g/mol. The molecule has 2 aromatic heterocycles. The number of amides is 2. The van der Waals surface area contributed by atoms with Crippen LogP contribution in [0.15, 0.2) is 41.0 Å². The molecule has 3 aromatic rings. The molecule has 11 heteroatoms. The van der Waals surface area contributed by atoms with Crippen LogP contribution < -0.4 is 10.6 Å². The molecule has 27 heavy (non-hydrogen) atoms. The zero-order valence-corrected chi connectivity index (χ0v) is 15.8. The highest BCUT2D eigenvalue weighted by Crippen LogP contribution is 2.17. The normalized spacial score (nSPS) is 10.6. The Morgan fingerprint density at radius 2 is 2.11 bits per heavy atom. The molecule has 0 saturated heterocycles. The predicted octanol–water partition coefficient (Wildman–Crippen LogP) is 2.07. The lowest BCUT2D eigenvalue weighted by Gasteiger charge is -2.06. The highest BCUT2D eigenvalue weighted by atomic mass is 32.2. The number of hydrogen-bond acceptors (Lipinski definition) is 7. The highest BCUT2D eigenvalue weighted by molar-refractivity contribution is 7.99. The van der Waals surface area contributed by atoms with Crippen molar-refractivity contribution in [2.45, 2.75) is 11.7 Å². The number of halogens is 1. The Kier molecular flexibility index (Phi) is 6.14. The van der Waals surface area contributed by atoms with E-state index >= 15 is 0 Å². The number of carbonyl (C=O) groups is 2. The van der Waals surface area contributed by atoms with Crippen LogP contribution >= 0.6 is 23.1 Å². The van der Waals surface area contributed by atoms with Gasteiger partial charge in [0, 0.05) is 18.6 Å². The monoisotopic (exact) mass is 406 g/mol. The molecule has 0 bridgehead atoms. The van der Waals surface area contributed by atoms with Crippen LogP contribution in [0.3, 0.4) is 0 Å². The van der Waals surface area contributed by atoms with Crippen molar-refractivity contribution < 1.29 is 14.0 Å². The van der Waals surface area contributed by atoms with Gasteiger partial charge in [0.1, 0.15) is 5.82 Å². The number of aromatic nitrogens is 4. The second-order valence-electron chi connectivity index (χ2n) is 5.29. The van der Waals surface area contributed by atoms with Crippen molar-refractivity contribution in [3.8, 4) is 0 Å². The van der Waals surface area contributed by atoms with Gasteiger partial charge in [-0.25, -0.2) is 9.37 Å². The number of carbonyl (C=O) groups excluding carboxylic acids is 2. The lowest BCUT2D eigenvalue weighted by Crippen LogP contribution is -2.25. The molecule has 0 aliphatic rings. The van der Waals surface area contributed by atoms with E-state index in [4.69, 9.17) is 0 Å². The second kappa shape index (κ2) is 8.73. The van der Waals surface area contributed by atoms with Crippen LogP contribution in [0.4, 0.5) is 9.52 Å². The molecule has 140 valence electrons. The number of nitrogens with one attached hydrogen (secondary N) is 2. The Bertz CT molecular complexity index is 944. The summed E-state index contributed by atoms with van der Waals surface area (Å²) in [6, 6.07) is 5.74. The van der Waals surface area contributed by atoms with Gasteiger partial charge >= 0.3 is 0 Å². The van der Waals surface area contributed by atoms with E-state index in [1.807, 2.05) is 0 Å². The summed E-state index contributed by atoms with van der Waals surface area (Å²) in [7, 11) is 1.73. The predicted molar refractivity (Wildman–Crippen MR) is 100 cm³/mol. The van der Waals surface area contributed by atoms with Crippen LogP contribution in [0.2, 0.25) is 0 Å². The molecule has 0 atom stereocenters. The van der Waals surface area contributed by atoms with Crippen molar-refractivity contribution in [1.82, 2.24) is 25.1 Å². The first-order chi connectivity index (χ1) is 13.0. The van der Waals surface area contributed by atoms with Crippen molar-refractivity contribution in [1.29, 1.82) is 0 Å². The molecule has 0 aliphatic carbocycles. The largest absolute Gasteiger partial charge is 0.345 e. The first kappa shape index (κ1) is 19.0. The summed E-state index contributed by atoms with van der Waals surface area (Å²) >= 11 is 2.55. The van der Waals surface area contributed by atoms with Crippen molar-refractivity contribution in [3.05, 3.63) is 53.0 Å². The number of rotatable bonds is 7. The van der Waals surface area contributed by atoms with Crippen LogP contribution in [-0.2, 0) is 18.4 Å². The minimum absolute atomic E-state index is 0.0341. The van der Waals surface area contributed by atoms with E-state index < -0.39 is 11.7 Å². The molecule has 1 aromatic carbocycles. The topological polar surface area (TPSA) is 102 Å². The first-order valence-electron chi connectivity index (χ1n) is 7.77. The summed E-state index contributed by atoms with van der Waals surface area (Å²) in [6.07, 6.45) is 1.61. The standard InChI is InChI=1S/C16H15FN6O2S2/c1-23-12(8-19-14(25)10-4-2-3-5-11(10)17)21-22-16(23)27-9-13(24)20-15-18-6-7-26-15/h2-7H,8-9H2,1H3,(H,19,25)(H,18,20,24). The molecule has 3 rings (SSSR count). The second-order valence-corrected chi connectivity index (χ2v) is 7.13. The fourth-order valence-corrected chi connectivity index (χ4v) is 3.37. The van der Waals surface area contributed by atoms with Crippen molar-refractivity contribution in [3.63, 3.8) is 0 Å². The third-order valence-corrected chi connectivity index (χ3v) is 5.17. The van der Waals surface area contributed by atoms with Gasteiger partial charge in [-0.2, -0.15) is 0 Å². The van der Waals surface area contributed by atoms with Gasteiger partial charge in [-0.15, -0.1) is 21.5 Å². The molecule has 0 fully saturated rings. The molecule has 0 unspecified atom stereocenters. The zero-order chi connectivity index (χ0) is 19.2. The fraction of sp³-hybridized carbons (Fsp3) is 0.188. The van der Waals surface area contributed by atoms with E-state index in [1.54, 1.807) is 29.3 Å². The summed E-state index contributed by atoms with van der Waals surface area (Å²) < 4.78 is 15.3. The molecule has 0 saturated carbocycles. The molecule has 0 radical (unpaired) electrons. The van der Waals surface area contributed by atoms with Crippen molar-refractivity contribution in [2.24, 2.45) is 7.05 Å². The number of nitrogens with zero attached hydrogens (tertiary/aromatic N) is 4. The number of thiazole rings is 1. The molecular weight excluding hydrogens is 391 g/mol. The lowest BCUT2D eigenvalue weighted by molar-refractivity contribution is -0.113. The summed E-state index contributed by atoms with van der Waals surface area (Å²) in [6.45, 7) is 0.0859. The molecular formula is C16H15FN6O2S2. The van der Waals surface area contributed by atoms with E-state index in [0.29, 0.717) is 16.1 Å². The van der Waals surface area contributed by atoms with Gasteiger partial charge in [0.15, 0.2) is 16.1 Å². The van der Waals surface area contributed by atoms with E-state index in [2.05, 4.69) is 25.8 Å². The van der Waals surface area contributed by atoms with Crippen LogP contribution in [0.25, 0.3) is 0 Å². The quantitative estimate of drug-likeness (QED) is 0.583. The number of anilines is 1. The fourth-order valence-electron chi connectivity index (χ4n) is 2.10. The van der Waals surface area contributed by atoms with Gasteiger partial charge in [-0.05, 0) is 12.1 Å². The van der Waals surface area contributed by atoms with E-state index in [-0.39, 0.29) is 23.8 Å². The maximum Gasteiger partial charge on any atom is 0.254 e. The smallest absolute Gasteiger partial charge is 0.254 e. The summed E-state index contributed by atoms with van der Waals surface area (Å²) in [5, 5.41) is 16.1. The Hall–Kier alpha value is -2.79. The van der Waals surface area contributed by atoms with Gasteiger partial charge < -0.3 is 15.2 Å². The number of hydrogen-bond donors (Lipinski definition) is 2. The Balaban J connectivity index is 1.53. The van der Waals surface area contributed by atoms with Crippen LogP contribution in [0.5, 0.6) is 0 Å². The minimum atomic E-state index is -0.588. The van der Waals surface area contributed by atoms with Crippen LogP contribution in [-0.4, -0.2) is 37.3 Å². The van der Waals surface area contributed by atoms with Gasteiger partial charge in [0.2, 0.25) is 5.91 Å². The van der Waals surface area contributed by atoms with E-state index in [9.17, 15) is 14.0 Å². The van der Waals surface area contributed by atoms with Gasteiger partial charge in [-0.3, -0.25) is 9.59 Å². The molecule has 2 heterocycles. The van der Waals surface area contributed by atoms with E-state index in [0.717, 1.165) is 0 Å². The third-order valence-electron chi connectivity index (χ3n) is 3.46. The van der Waals surface area contributed by atoms with Gasteiger partial charge in [0.05, 0.1) is 17.9 Å². The summed E-state index contributed by atoms with van der Waals surface area (Å²) in [5.74, 6) is -0.689. The lowest BCUT2D eigenvalue weighted by atomic mass is 10.2. The highest BCUT2D eigenvalue weighted by Gasteiger charge is 2.15. The summed E-state index contributed by atoms with van der Waals surface area (Å²) in [5.41, 5.74) is -0.0341. The van der Waals surface area contributed by atoms with Crippen LogP contribution in [0.1, 0.15) is 16.2 Å². The third kappa shape index (κ3) is 4.89. The zero-order valence-electron chi connectivity index (χ0n) is 14.2.